The number of carbonyl (C=O) groups is 1. The summed E-state index contributed by atoms with van der Waals surface area (Å²) >= 11 is 0. The maximum Gasteiger partial charge on any atom is 2.00 e. The van der Waals surface area contributed by atoms with Crippen LogP contribution in [0.2, 0.25) is 0 Å². The van der Waals surface area contributed by atoms with Gasteiger partial charge in [-0.3, -0.25) is 0 Å². The standard InChI is InChI=1S/C12H23P.C9H11O3.C8H9NO.Pd/c1-3-7-11(8-4-1)13-12-9-5-2-6-10-12;1-10-7-5-4-6-8(11-2)9(7)12-3;9-8(10)6-7-4-2-1-3-5-7;/h11-13H,1-10H2;5-6H,1-3H3;1-5H,6H2,(H2,9,10);/q;-1;;+2/p-1. The zero-order valence-electron chi connectivity index (χ0n) is 21.9. The van der Waals surface area contributed by atoms with E-state index in [0.29, 0.717) is 17.2 Å². The fraction of sp³-hybridized carbons (Fsp3) is 0.552. The van der Waals surface area contributed by atoms with Crippen LogP contribution in [-0.2, 0) is 31.6 Å². The van der Waals surface area contributed by atoms with Gasteiger partial charge in [0.05, 0.1) is 44.5 Å². The number of ether oxygens (including phenoxy) is 3. The van der Waals surface area contributed by atoms with Gasteiger partial charge >= 0.3 is 20.4 Å². The van der Waals surface area contributed by atoms with Crippen LogP contribution in [0.1, 0.15) is 69.8 Å². The van der Waals surface area contributed by atoms with E-state index in [1.54, 1.807) is 59.1 Å². The van der Waals surface area contributed by atoms with Crippen LogP contribution in [0.3, 0.4) is 0 Å². The Hall–Kier alpha value is -1.60. The Balaban J connectivity index is 0.000000269. The number of benzene rings is 2. The molecule has 2 aliphatic carbocycles. The smallest absolute Gasteiger partial charge is 0.667 e. The van der Waals surface area contributed by atoms with Crippen molar-refractivity contribution >= 4 is 14.5 Å². The molecule has 0 unspecified atom stereocenters. The Morgan fingerprint density at radius 3 is 1.69 bits per heavy atom. The van der Waals surface area contributed by atoms with Gasteiger partial charge in [-0.15, -0.1) is 20.7 Å². The molecule has 7 heteroatoms. The van der Waals surface area contributed by atoms with Gasteiger partial charge in [-0.05, 0) is 42.6 Å². The summed E-state index contributed by atoms with van der Waals surface area (Å²) in [4.78, 5) is 10.3. The number of hydrogen-bond acceptors (Lipinski definition) is 4. The minimum Gasteiger partial charge on any atom is -0.667 e. The van der Waals surface area contributed by atoms with Crippen molar-refractivity contribution in [3.63, 3.8) is 0 Å². The zero-order valence-corrected chi connectivity index (χ0v) is 24.5. The molecular weight excluding hydrogens is 564 g/mol. The summed E-state index contributed by atoms with van der Waals surface area (Å²) < 4.78 is 15.2. The van der Waals surface area contributed by atoms with Crippen molar-refractivity contribution in [2.45, 2.75) is 81.9 Å². The number of hydrogen-bond donors (Lipinski definition) is 0. The average Bonchev–Trinajstić information content (AvgIpc) is 2.90. The molecule has 0 saturated heterocycles. The fourth-order valence-electron chi connectivity index (χ4n) is 4.60. The Bertz CT molecular complexity index is 802. The van der Waals surface area contributed by atoms with Crippen molar-refractivity contribution in [3.8, 4) is 17.2 Å². The summed E-state index contributed by atoms with van der Waals surface area (Å²) in [7, 11) is 6.05. The molecule has 0 aromatic heterocycles. The summed E-state index contributed by atoms with van der Waals surface area (Å²) in [6, 6.07) is 15.6. The molecule has 2 aromatic carbocycles. The van der Waals surface area contributed by atoms with Crippen LogP contribution in [0, 0.1) is 6.07 Å². The molecule has 36 heavy (non-hydrogen) atoms. The van der Waals surface area contributed by atoms with Crippen molar-refractivity contribution < 1.29 is 39.4 Å². The van der Waals surface area contributed by atoms with Gasteiger partial charge in [0.2, 0.25) is 0 Å². The third-order valence-corrected chi connectivity index (χ3v) is 8.51. The van der Waals surface area contributed by atoms with Crippen LogP contribution in [0.25, 0.3) is 5.73 Å². The number of methoxy groups -OCH3 is 3. The first kappa shape index (κ1) is 32.4. The second-order valence-corrected chi connectivity index (χ2v) is 11.0. The normalized spacial score (nSPS) is 15.6. The molecule has 2 aromatic rings. The molecule has 0 bridgehead atoms. The molecule has 4 rings (SSSR count). The SMILES string of the molecule is C1CCC(PC2CCCCC2)CC1.COc1c[c-]cc(OC)c1OC.[NH-]C(=O)Cc1ccccc1.[Pd+2]. The third kappa shape index (κ3) is 12.6. The molecule has 2 aliphatic rings. The summed E-state index contributed by atoms with van der Waals surface area (Å²) in [6.07, 6.45) is 15.6. The molecule has 0 atom stereocenters. The minimum atomic E-state index is -0.536. The van der Waals surface area contributed by atoms with Gasteiger partial charge in [-0.25, -0.2) is 0 Å². The second-order valence-electron chi connectivity index (χ2n) is 9.05. The van der Waals surface area contributed by atoms with Gasteiger partial charge in [-0.2, -0.15) is 6.07 Å². The quantitative estimate of drug-likeness (QED) is 0.185. The topological polar surface area (TPSA) is 68.6 Å². The minimum absolute atomic E-state index is 0. The van der Waals surface area contributed by atoms with Gasteiger partial charge < -0.3 is 24.7 Å². The van der Waals surface area contributed by atoms with Gasteiger partial charge in [0, 0.05) is 6.42 Å². The molecule has 2 saturated carbocycles. The Kier molecular flexibility index (Phi) is 17.6. The Morgan fingerprint density at radius 1 is 0.833 bits per heavy atom. The predicted octanol–water partition coefficient (Wildman–Crippen LogP) is 7.65. The summed E-state index contributed by atoms with van der Waals surface area (Å²) in [5, 5.41) is 0. The van der Waals surface area contributed by atoms with E-state index in [2.05, 4.69) is 6.07 Å². The fourth-order valence-corrected chi connectivity index (χ4v) is 6.75. The van der Waals surface area contributed by atoms with E-state index >= 15 is 0 Å². The number of nitrogens with one attached hydrogen (secondary N) is 1. The predicted molar refractivity (Wildman–Crippen MR) is 146 cm³/mol. The molecule has 0 heterocycles. The van der Waals surface area contributed by atoms with Crippen LogP contribution in [0.15, 0.2) is 42.5 Å². The van der Waals surface area contributed by atoms with E-state index in [1.807, 2.05) is 30.3 Å². The van der Waals surface area contributed by atoms with Gasteiger partial charge in [-0.1, -0.05) is 68.9 Å². The molecule has 0 aliphatic heterocycles. The van der Waals surface area contributed by atoms with Crippen LogP contribution >= 0.6 is 8.58 Å². The zero-order chi connectivity index (χ0) is 25.3. The largest absolute Gasteiger partial charge is 2.00 e. The van der Waals surface area contributed by atoms with Crippen molar-refractivity contribution in [2.75, 3.05) is 21.3 Å². The van der Waals surface area contributed by atoms with Crippen molar-refractivity contribution in [2.24, 2.45) is 0 Å². The first-order chi connectivity index (χ1) is 17.1. The van der Waals surface area contributed by atoms with E-state index in [0.717, 1.165) is 16.9 Å². The molecule has 1 N–H and O–H groups in total. The molecule has 2 fully saturated rings. The molecule has 1 amide bonds. The van der Waals surface area contributed by atoms with Gasteiger partial charge in [0.1, 0.15) is 0 Å². The molecule has 5 nitrogen and oxygen atoms in total. The summed E-state index contributed by atoms with van der Waals surface area (Å²) in [5.74, 6) is 1.30. The van der Waals surface area contributed by atoms with E-state index in [9.17, 15) is 4.79 Å². The third-order valence-electron chi connectivity index (χ3n) is 6.41. The van der Waals surface area contributed by atoms with E-state index in [4.69, 9.17) is 19.9 Å². The second kappa shape index (κ2) is 19.5. The van der Waals surface area contributed by atoms with Crippen LogP contribution in [0.5, 0.6) is 17.2 Å². The van der Waals surface area contributed by atoms with Crippen LogP contribution in [0.4, 0.5) is 0 Å². The van der Waals surface area contributed by atoms with Gasteiger partial charge in [0.15, 0.2) is 0 Å². The van der Waals surface area contributed by atoms with Gasteiger partial charge in [0.25, 0.3) is 0 Å². The van der Waals surface area contributed by atoms with Crippen molar-refractivity contribution in [3.05, 3.63) is 59.8 Å². The molecular formula is C29H42NO4PPd. The Labute approximate surface area is 233 Å². The molecule has 0 radical (unpaired) electrons. The van der Waals surface area contributed by atoms with E-state index in [1.165, 1.54) is 47.1 Å². The van der Waals surface area contributed by atoms with Crippen LogP contribution in [-0.4, -0.2) is 38.6 Å². The first-order valence-corrected chi connectivity index (χ1v) is 13.9. The monoisotopic (exact) mass is 605 g/mol. The average molecular weight is 606 g/mol. The summed E-state index contributed by atoms with van der Waals surface area (Å²) in [5.41, 5.74) is 9.88. The van der Waals surface area contributed by atoms with E-state index < -0.39 is 5.91 Å². The molecule has 0 spiro atoms. The number of amides is 1. The Morgan fingerprint density at radius 2 is 1.31 bits per heavy atom. The number of carbonyl (C=O) groups excluding carboxylic acids is 1. The maximum absolute atomic E-state index is 10.3. The maximum atomic E-state index is 10.3. The first-order valence-electron chi connectivity index (χ1n) is 12.8. The molecule has 202 valence electrons. The summed E-state index contributed by atoms with van der Waals surface area (Å²) in [6.45, 7) is 0. The van der Waals surface area contributed by atoms with E-state index in [-0.39, 0.29) is 26.8 Å². The van der Waals surface area contributed by atoms with Crippen LogP contribution < -0.4 is 14.2 Å². The van der Waals surface area contributed by atoms with Crippen molar-refractivity contribution in [1.29, 1.82) is 0 Å². The number of rotatable bonds is 7. The van der Waals surface area contributed by atoms with Crippen molar-refractivity contribution in [1.82, 2.24) is 0 Å².